The number of rotatable bonds is 6. The van der Waals surface area contributed by atoms with Gasteiger partial charge in [-0.3, -0.25) is 4.79 Å². The zero-order valence-corrected chi connectivity index (χ0v) is 18.4. The minimum Gasteiger partial charge on any atom is -0.335 e. The van der Waals surface area contributed by atoms with Crippen molar-refractivity contribution in [3.8, 4) is 11.4 Å². The summed E-state index contributed by atoms with van der Waals surface area (Å²) >= 11 is 1.20. The van der Waals surface area contributed by atoms with E-state index in [0.29, 0.717) is 16.5 Å². The maximum Gasteiger partial charge on any atom is 0.242 e. The Kier molecular flexibility index (Phi) is 6.23. The van der Waals surface area contributed by atoms with Crippen LogP contribution in [0.15, 0.2) is 78.0 Å². The number of amides is 1. The van der Waals surface area contributed by atoms with Gasteiger partial charge in [-0.15, -0.1) is 10.2 Å². The number of hydrogen-bond donors (Lipinski definition) is 2. The first-order valence-electron chi connectivity index (χ1n) is 9.98. The van der Waals surface area contributed by atoms with Gasteiger partial charge < -0.3 is 11.2 Å². The summed E-state index contributed by atoms with van der Waals surface area (Å²) in [5, 5.41) is 11.1. The number of benzene rings is 3. The van der Waals surface area contributed by atoms with E-state index in [1.165, 1.54) is 28.6 Å². The highest BCUT2D eigenvalue weighted by atomic mass is 32.2. The number of carbonyl (C=O) groups is 1. The van der Waals surface area contributed by atoms with Crippen LogP contribution in [0.3, 0.4) is 0 Å². The van der Waals surface area contributed by atoms with Crippen LogP contribution in [0.1, 0.15) is 21.9 Å². The molecule has 4 rings (SSSR count). The van der Waals surface area contributed by atoms with Crippen LogP contribution in [-0.2, 0) is 4.79 Å². The highest BCUT2D eigenvalue weighted by Gasteiger charge is 2.26. The Morgan fingerprint density at radius 1 is 1.00 bits per heavy atom. The molecular weight excluding hydrogens is 425 g/mol. The van der Waals surface area contributed by atoms with E-state index >= 15 is 0 Å². The van der Waals surface area contributed by atoms with Crippen LogP contribution in [0, 0.1) is 19.7 Å². The molecule has 1 aromatic heterocycles. The standard InChI is InChI=1S/C24H22FN5OS/c1-15-12-16(2)14-20(13-15)27-23(31)21(17-6-4-3-5-7-17)32-24-29-28-22(30(24)26)18-8-10-19(25)11-9-18/h3-14,21H,26H2,1-2H3,(H,27,31)/t21-/m1/s1. The molecule has 0 fully saturated rings. The number of nitrogens with zero attached hydrogens (tertiary/aromatic N) is 3. The van der Waals surface area contributed by atoms with Gasteiger partial charge in [-0.2, -0.15) is 0 Å². The lowest BCUT2D eigenvalue weighted by atomic mass is 10.1. The molecule has 1 atom stereocenters. The molecule has 6 nitrogen and oxygen atoms in total. The van der Waals surface area contributed by atoms with Crippen molar-refractivity contribution in [3.63, 3.8) is 0 Å². The second kappa shape index (κ2) is 9.23. The van der Waals surface area contributed by atoms with E-state index in [1.54, 1.807) is 12.1 Å². The van der Waals surface area contributed by atoms with Gasteiger partial charge >= 0.3 is 0 Å². The summed E-state index contributed by atoms with van der Waals surface area (Å²) in [7, 11) is 0. The fraction of sp³-hybridized carbons (Fsp3) is 0.125. The number of nitrogen functional groups attached to an aromatic ring is 1. The number of carbonyl (C=O) groups excluding carboxylic acids is 1. The molecule has 0 saturated heterocycles. The molecule has 3 N–H and O–H groups in total. The van der Waals surface area contributed by atoms with Crippen molar-refractivity contribution in [1.29, 1.82) is 0 Å². The molecule has 0 saturated carbocycles. The van der Waals surface area contributed by atoms with Crippen molar-refractivity contribution in [2.75, 3.05) is 11.2 Å². The van der Waals surface area contributed by atoms with Crippen LogP contribution in [0.5, 0.6) is 0 Å². The van der Waals surface area contributed by atoms with E-state index in [1.807, 2.05) is 62.4 Å². The van der Waals surface area contributed by atoms with E-state index in [9.17, 15) is 9.18 Å². The molecule has 0 radical (unpaired) electrons. The molecule has 0 aliphatic heterocycles. The summed E-state index contributed by atoms with van der Waals surface area (Å²) in [4.78, 5) is 13.3. The van der Waals surface area contributed by atoms with Gasteiger partial charge in [0.05, 0.1) is 0 Å². The molecule has 0 unspecified atom stereocenters. The molecule has 1 amide bonds. The summed E-state index contributed by atoms with van der Waals surface area (Å²) in [6, 6.07) is 21.2. The Morgan fingerprint density at radius 3 is 2.31 bits per heavy atom. The van der Waals surface area contributed by atoms with Gasteiger partial charge in [0.2, 0.25) is 11.1 Å². The molecule has 0 bridgehead atoms. The number of halogens is 1. The number of thioether (sulfide) groups is 1. The predicted octanol–water partition coefficient (Wildman–Crippen LogP) is 4.89. The molecule has 3 aromatic carbocycles. The Hall–Kier alpha value is -3.65. The van der Waals surface area contributed by atoms with Crippen molar-refractivity contribution in [2.24, 2.45) is 0 Å². The fourth-order valence-corrected chi connectivity index (χ4v) is 4.37. The average Bonchev–Trinajstić information content (AvgIpc) is 3.12. The van der Waals surface area contributed by atoms with Gasteiger partial charge in [0, 0.05) is 11.3 Å². The molecule has 4 aromatic rings. The normalized spacial score (nSPS) is 11.8. The first-order valence-corrected chi connectivity index (χ1v) is 10.9. The van der Waals surface area contributed by atoms with E-state index in [0.717, 1.165) is 22.4 Å². The summed E-state index contributed by atoms with van der Waals surface area (Å²) in [6.45, 7) is 3.97. The third kappa shape index (κ3) is 4.81. The molecule has 0 aliphatic carbocycles. The van der Waals surface area contributed by atoms with Gasteiger partial charge in [0.1, 0.15) is 11.1 Å². The Labute approximate surface area is 189 Å². The molecular formula is C24H22FN5OS. The third-order valence-corrected chi connectivity index (χ3v) is 6.03. The van der Waals surface area contributed by atoms with Gasteiger partial charge in [-0.05, 0) is 66.9 Å². The second-order valence-corrected chi connectivity index (χ2v) is 8.53. The largest absolute Gasteiger partial charge is 0.335 e. The van der Waals surface area contributed by atoms with Crippen molar-refractivity contribution >= 4 is 23.4 Å². The molecule has 162 valence electrons. The lowest BCUT2D eigenvalue weighted by Crippen LogP contribution is -2.20. The average molecular weight is 448 g/mol. The van der Waals surface area contributed by atoms with Crippen molar-refractivity contribution in [2.45, 2.75) is 24.3 Å². The maximum absolute atomic E-state index is 13.3. The molecule has 0 spiro atoms. The Bertz CT molecular complexity index is 1220. The first kappa shape index (κ1) is 21.6. The fourth-order valence-electron chi connectivity index (χ4n) is 3.41. The van der Waals surface area contributed by atoms with Crippen LogP contribution < -0.4 is 11.2 Å². The molecule has 1 heterocycles. The minimum absolute atomic E-state index is 0.197. The summed E-state index contributed by atoms with van der Waals surface area (Å²) in [5.41, 5.74) is 4.30. The predicted molar refractivity (Wildman–Crippen MR) is 125 cm³/mol. The highest BCUT2D eigenvalue weighted by molar-refractivity contribution is 8.00. The van der Waals surface area contributed by atoms with Crippen LogP contribution >= 0.6 is 11.8 Å². The zero-order chi connectivity index (χ0) is 22.7. The lowest BCUT2D eigenvalue weighted by molar-refractivity contribution is -0.115. The van der Waals surface area contributed by atoms with Crippen molar-refractivity contribution < 1.29 is 9.18 Å². The number of hydrogen-bond acceptors (Lipinski definition) is 5. The van der Waals surface area contributed by atoms with Crippen LogP contribution in [0.25, 0.3) is 11.4 Å². The van der Waals surface area contributed by atoms with Gasteiger partial charge in [0.15, 0.2) is 5.82 Å². The molecule has 0 aliphatic rings. The zero-order valence-electron chi connectivity index (χ0n) is 17.6. The van der Waals surface area contributed by atoms with E-state index in [4.69, 9.17) is 5.84 Å². The number of nitrogens with one attached hydrogen (secondary N) is 1. The number of aryl methyl sites for hydroxylation is 2. The van der Waals surface area contributed by atoms with Gasteiger partial charge in [0.25, 0.3) is 0 Å². The number of anilines is 1. The summed E-state index contributed by atoms with van der Waals surface area (Å²) in [6.07, 6.45) is 0. The Balaban J connectivity index is 1.63. The van der Waals surface area contributed by atoms with E-state index in [2.05, 4.69) is 15.5 Å². The van der Waals surface area contributed by atoms with Gasteiger partial charge in [-0.25, -0.2) is 9.07 Å². The molecule has 32 heavy (non-hydrogen) atoms. The number of aromatic nitrogens is 3. The van der Waals surface area contributed by atoms with E-state index < -0.39 is 5.25 Å². The quantitative estimate of drug-likeness (QED) is 0.325. The van der Waals surface area contributed by atoms with Crippen LogP contribution in [0.4, 0.5) is 10.1 Å². The minimum atomic E-state index is -0.607. The second-order valence-electron chi connectivity index (χ2n) is 7.46. The SMILES string of the molecule is Cc1cc(C)cc(NC(=O)[C@H](Sc2nnc(-c3ccc(F)cc3)n2N)c2ccccc2)c1. The molecule has 8 heteroatoms. The maximum atomic E-state index is 13.3. The van der Waals surface area contributed by atoms with Crippen LogP contribution in [-0.4, -0.2) is 20.8 Å². The van der Waals surface area contributed by atoms with Crippen LogP contribution in [0.2, 0.25) is 0 Å². The highest BCUT2D eigenvalue weighted by Crippen LogP contribution is 2.36. The third-order valence-electron chi connectivity index (χ3n) is 4.82. The Morgan fingerprint density at radius 2 is 1.66 bits per heavy atom. The smallest absolute Gasteiger partial charge is 0.242 e. The number of nitrogens with two attached hydrogens (primary N) is 1. The van der Waals surface area contributed by atoms with Crippen molar-refractivity contribution in [3.05, 3.63) is 95.3 Å². The monoisotopic (exact) mass is 447 g/mol. The van der Waals surface area contributed by atoms with E-state index in [-0.39, 0.29) is 11.7 Å². The topological polar surface area (TPSA) is 85.8 Å². The summed E-state index contributed by atoms with van der Waals surface area (Å²) < 4.78 is 14.6. The summed E-state index contributed by atoms with van der Waals surface area (Å²) in [5.74, 6) is 6.08. The lowest BCUT2D eigenvalue weighted by Gasteiger charge is -2.17. The van der Waals surface area contributed by atoms with Crippen molar-refractivity contribution in [1.82, 2.24) is 14.9 Å². The first-order chi connectivity index (χ1) is 15.4. The van der Waals surface area contributed by atoms with Gasteiger partial charge in [-0.1, -0.05) is 48.2 Å².